The van der Waals surface area contributed by atoms with Crippen molar-refractivity contribution in [1.82, 2.24) is 5.43 Å². The Morgan fingerprint density at radius 1 is 1.50 bits per heavy atom. The predicted molar refractivity (Wildman–Crippen MR) is 43.7 cm³/mol. The molecule has 1 unspecified atom stereocenters. The number of hydrazone groups is 1. The van der Waals surface area contributed by atoms with Gasteiger partial charge in [-0.25, -0.2) is 0 Å². The second-order valence-electron chi connectivity index (χ2n) is 3.24. The third kappa shape index (κ3) is 1.20. The quantitative estimate of drug-likeness (QED) is 0.586. The van der Waals surface area contributed by atoms with Crippen molar-refractivity contribution in [1.29, 1.82) is 0 Å². The topological polar surface area (TPSA) is 24.4 Å². The zero-order chi connectivity index (χ0) is 7.61. The molecule has 0 amide bonds. The van der Waals surface area contributed by atoms with E-state index in [1.165, 1.54) is 0 Å². The SMILES string of the molecule is CC(C)C1(C)C=CNN=C1. The highest BCUT2D eigenvalue weighted by molar-refractivity contribution is 5.69. The lowest BCUT2D eigenvalue weighted by molar-refractivity contribution is 0.415. The fourth-order valence-corrected chi connectivity index (χ4v) is 0.821. The number of nitrogens with one attached hydrogen (secondary N) is 1. The van der Waals surface area contributed by atoms with Gasteiger partial charge in [0, 0.05) is 17.8 Å². The Hall–Kier alpha value is -0.790. The van der Waals surface area contributed by atoms with Gasteiger partial charge in [0.1, 0.15) is 0 Å². The molecule has 2 heteroatoms. The molecule has 56 valence electrons. The van der Waals surface area contributed by atoms with Gasteiger partial charge in [0.15, 0.2) is 0 Å². The molecule has 2 nitrogen and oxygen atoms in total. The van der Waals surface area contributed by atoms with E-state index in [1.807, 2.05) is 12.4 Å². The first-order valence-electron chi connectivity index (χ1n) is 3.62. The first kappa shape index (κ1) is 7.32. The molecule has 0 aromatic carbocycles. The number of hydrogen-bond acceptors (Lipinski definition) is 2. The Morgan fingerprint density at radius 3 is 2.50 bits per heavy atom. The van der Waals surface area contributed by atoms with Crippen LogP contribution < -0.4 is 5.43 Å². The van der Waals surface area contributed by atoms with Crippen LogP contribution >= 0.6 is 0 Å². The number of hydrogen-bond donors (Lipinski definition) is 1. The van der Waals surface area contributed by atoms with E-state index in [9.17, 15) is 0 Å². The zero-order valence-corrected chi connectivity index (χ0v) is 6.76. The molecule has 0 spiro atoms. The van der Waals surface area contributed by atoms with Crippen LogP contribution in [0.3, 0.4) is 0 Å². The fraction of sp³-hybridized carbons (Fsp3) is 0.625. The van der Waals surface area contributed by atoms with E-state index in [-0.39, 0.29) is 5.41 Å². The average molecular weight is 138 g/mol. The smallest absolute Gasteiger partial charge is 0.0346 e. The lowest BCUT2D eigenvalue weighted by Gasteiger charge is -2.27. The number of nitrogens with zero attached hydrogens (tertiary/aromatic N) is 1. The Bertz CT molecular complexity index is 156. The molecule has 0 fully saturated rings. The highest BCUT2D eigenvalue weighted by atomic mass is 15.3. The van der Waals surface area contributed by atoms with Crippen molar-refractivity contribution in [3.05, 3.63) is 12.3 Å². The molecule has 1 aliphatic heterocycles. The second-order valence-corrected chi connectivity index (χ2v) is 3.24. The van der Waals surface area contributed by atoms with Gasteiger partial charge in [0.25, 0.3) is 0 Å². The third-order valence-electron chi connectivity index (χ3n) is 2.18. The van der Waals surface area contributed by atoms with Gasteiger partial charge in [-0.3, -0.25) is 5.43 Å². The first-order valence-corrected chi connectivity index (χ1v) is 3.62. The highest BCUT2D eigenvalue weighted by Crippen LogP contribution is 2.26. The van der Waals surface area contributed by atoms with E-state index in [0.29, 0.717) is 5.92 Å². The Morgan fingerprint density at radius 2 is 2.20 bits per heavy atom. The van der Waals surface area contributed by atoms with Gasteiger partial charge in [-0.15, -0.1) is 0 Å². The summed E-state index contributed by atoms with van der Waals surface area (Å²) in [5, 5.41) is 3.99. The molecule has 0 aromatic rings. The lowest BCUT2D eigenvalue weighted by atomic mass is 9.80. The summed E-state index contributed by atoms with van der Waals surface area (Å²) in [6, 6.07) is 0. The molecule has 0 bridgehead atoms. The monoisotopic (exact) mass is 138 g/mol. The lowest BCUT2D eigenvalue weighted by Crippen LogP contribution is -2.26. The largest absolute Gasteiger partial charge is 0.286 e. The van der Waals surface area contributed by atoms with Crippen molar-refractivity contribution in [2.24, 2.45) is 16.4 Å². The molecule has 1 N–H and O–H groups in total. The van der Waals surface area contributed by atoms with Crippen LogP contribution in [0.4, 0.5) is 0 Å². The van der Waals surface area contributed by atoms with Crippen LogP contribution in [-0.4, -0.2) is 6.21 Å². The molecule has 10 heavy (non-hydrogen) atoms. The molecule has 0 radical (unpaired) electrons. The van der Waals surface area contributed by atoms with E-state index in [1.54, 1.807) is 0 Å². The molecule has 0 saturated heterocycles. The number of rotatable bonds is 1. The standard InChI is InChI=1S/C8H14N2/c1-7(2)8(3)4-5-9-10-6-8/h4-7,9H,1-3H3. The molecular formula is C8H14N2. The highest BCUT2D eigenvalue weighted by Gasteiger charge is 2.24. The van der Waals surface area contributed by atoms with Gasteiger partial charge in [-0.05, 0) is 5.92 Å². The minimum atomic E-state index is 0.144. The van der Waals surface area contributed by atoms with Crippen molar-refractivity contribution in [3.63, 3.8) is 0 Å². The van der Waals surface area contributed by atoms with Crippen LogP contribution in [0.1, 0.15) is 20.8 Å². The van der Waals surface area contributed by atoms with Crippen molar-refractivity contribution < 1.29 is 0 Å². The normalized spacial score (nSPS) is 30.8. The third-order valence-corrected chi connectivity index (χ3v) is 2.18. The van der Waals surface area contributed by atoms with E-state index in [2.05, 4.69) is 37.4 Å². The van der Waals surface area contributed by atoms with Crippen molar-refractivity contribution in [3.8, 4) is 0 Å². The number of allylic oxidation sites excluding steroid dienone is 1. The molecule has 1 atom stereocenters. The summed E-state index contributed by atoms with van der Waals surface area (Å²) >= 11 is 0. The summed E-state index contributed by atoms with van der Waals surface area (Å²) < 4.78 is 0. The van der Waals surface area contributed by atoms with Crippen LogP contribution in [-0.2, 0) is 0 Å². The van der Waals surface area contributed by atoms with Gasteiger partial charge in [-0.2, -0.15) is 5.10 Å². The minimum absolute atomic E-state index is 0.144. The summed E-state index contributed by atoms with van der Waals surface area (Å²) in [5.41, 5.74) is 2.93. The minimum Gasteiger partial charge on any atom is -0.286 e. The Labute approximate surface area is 62.0 Å². The second kappa shape index (κ2) is 2.45. The summed E-state index contributed by atoms with van der Waals surface area (Å²) in [4.78, 5) is 0. The maximum absolute atomic E-state index is 3.99. The summed E-state index contributed by atoms with van der Waals surface area (Å²) in [5.74, 6) is 0.606. The van der Waals surface area contributed by atoms with Crippen molar-refractivity contribution >= 4 is 6.21 Å². The van der Waals surface area contributed by atoms with Crippen LogP contribution in [0.5, 0.6) is 0 Å². The van der Waals surface area contributed by atoms with Gasteiger partial charge in [0.05, 0.1) is 0 Å². The molecular weight excluding hydrogens is 124 g/mol. The van der Waals surface area contributed by atoms with E-state index in [0.717, 1.165) is 0 Å². The fourth-order valence-electron chi connectivity index (χ4n) is 0.821. The van der Waals surface area contributed by atoms with Crippen LogP contribution in [0.15, 0.2) is 17.4 Å². The molecule has 1 heterocycles. The average Bonchev–Trinajstić information content (AvgIpc) is 1.89. The predicted octanol–water partition coefficient (Wildman–Crippen LogP) is 1.75. The van der Waals surface area contributed by atoms with Crippen LogP contribution in [0, 0.1) is 11.3 Å². The molecule has 0 saturated carbocycles. The van der Waals surface area contributed by atoms with Crippen molar-refractivity contribution in [2.45, 2.75) is 20.8 Å². The van der Waals surface area contributed by atoms with Gasteiger partial charge < -0.3 is 0 Å². The molecule has 0 aliphatic carbocycles. The molecule has 1 aliphatic rings. The van der Waals surface area contributed by atoms with Crippen LogP contribution in [0.25, 0.3) is 0 Å². The van der Waals surface area contributed by atoms with Crippen LogP contribution in [0.2, 0.25) is 0 Å². The zero-order valence-electron chi connectivity index (χ0n) is 6.76. The molecule has 1 rings (SSSR count). The van der Waals surface area contributed by atoms with E-state index < -0.39 is 0 Å². The maximum atomic E-state index is 3.99. The summed E-state index contributed by atoms with van der Waals surface area (Å²) in [6.07, 6.45) is 5.99. The van der Waals surface area contributed by atoms with Gasteiger partial charge in [0.2, 0.25) is 0 Å². The van der Waals surface area contributed by atoms with Crippen molar-refractivity contribution in [2.75, 3.05) is 0 Å². The van der Waals surface area contributed by atoms with Gasteiger partial charge in [-0.1, -0.05) is 26.8 Å². The first-order chi connectivity index (χ1) is 4.65. The molecule has 0 aromatic heterocycles. The summed E-state index contributed by atoms with van der Waals surface area (Å²) in [6.45, 7) is 6.57. The van der Waals surface area contributed by atoms with E-state index >= 15 is 0 Å². The van der Waals surface area contributed by atoms with Gasteiger partial charge >= 0.3 is 0 Å². The van der Waals surface area contributed by atoms with E-state index in [4.69, 9.17) is 0 Å². The summed E-state index contributed by atoms with van der Waals surface area (Å²) in [7, 11) is 0. The maximum Gasteiger partial charge on any atom is 0.0346 e. The Kier molecular flexibility index (Phi) is 1.79. The Balaban J connectivity index is 2.75.